The van der Waals surface area contributed by atoms with Crippen LogP contribution in [-0.2, 0) is 13.0 Å². The normalized spacial score (nSPS) is 19.2. The largest absolute Gasteiger partial charge is 0.348 e. The van der Waals surface area contributed by atoms with Gasteiger partial charge in [-0.1, -0.05) is 17.7 Å². The Kier molecular flexibility index (Phi) is 4.21. The van der Waals surface area contributed by atoms with Crippen molar-refractivity contribution in [1.29, 1.82) is 0 Å². The predicted molar refractivity (Wildman–Crippen MR) is 93.7 cm³/mol. The molecule has 1 saturated carbocycles. The molecule has 25 heavy (non-hydrogen) atoms. The molecule has 7 heteroatoms. The van der Waals surface area contributed by atoms with Crippen molar-refractivity contribution in [2.45, 2.75) is 44.3 Å². The van der Waals surface area contributed by atoms with E-state index < -0.39 is 0 Å². The van der Waals surface area contributed by atoms with E-state index in [1.165, 1.54) is 0 Å². The summed E-state index contributed by atoms with van der Waals surface area (Å²) < 4.78 is 1.92. The van der Waals surface area contributed by atoms with Crippen LogP contribution in [0.2, 0.25) is 5.02 Å². The standard InChI is InChI=1S/C18H19ClN4O2/c19-12-3-1-2-11(8-12)17(24)22-14-6-7-16-20-9-15(23(16)10-14)18(25)21-13-4-5-13/h1-3,8-9,13-14H,4-7,10H2,(H,21,25)(H,22,24)/t14-/m0/s1. The van der Waals surface area contributed by atoms with Gasteiger partial charge in [0.15, 0.2) is 0 Å². The van der Waals surface area contributed by atoms with Gasteiger partial charge in [-0.3, -0.25) is 9.59 Å². The molecule has 1 aromatic carbocycles. The second-order valence-electron chi connectivity index (χ2n) is 6.64. The minimum atomic E-state index is -0.153. The summed E-state index contributed by atoms with van der Waals surface area (Å²) >= 11 is 5.95. The first-order valence-electron chi connectivity index (χ1n) is 8.52. The molecule has 1 aliphatic heterocycles. The quantitative estimate of drug-likeness (QED) is 0.879. The SMILES string of the molecule is O=C(N[C@H]1CCc2ncc(C(=O)NC3CC3)n2C1)c1cccc(Cl)c1. The van der Waals surface area contributed by atoms with Gasteiger partial charge < -0.3 is 15.2 Å². The Labute approximate surface area is 150 Å². The molecule has 0 unspecified atom stereocenters. The highest BCUT2D eigenvalue weighted by Gasteiger charge is 2.29. The molecule has 0 spiro atoms. The lowest BCUT2D eigenvalue weighted by Gasteiger charge is -2.26. The van der Waals surface area contributed by atoms with E-state index in [0.717, 1.165) is 31.5 Å². The molecule has 2 N–H and O–H groups in total. The topological polar surface area (TPSA) is 76.0 Å². The minimum Gasteiger partial charge on any atom is -0.348 e. The maximum atomic E-state index is 12.4. The zero-order chi connectivity index (χ0) is 17.4. The molecule has 0 bridgehead atoms. The van der Waals surface area contributed by atoms with Crippen molar-refractivity contribution in [3.8, 4) is 0 Å². The fraction of sp³-hybridized carbons (Fsp3) is 0.389. The van der Waals surface area contributed by atoms with Gasteiger partial charge in [0.05, 0.1) is 6.20 Å². The number of rotatable bonds is 4. The summed E-state index contributed by atoms with van der Waals surface area (Å²) in [6, 6.07) is 7.15. The van der Waals surface area contributed by atoms with Crippen LogP contribution in [0.1, 0.15) is 45.9 Å². The van der Waals surface area contributed by atoms with Gasteiger partial charge in [-0.2, -0.15) is 0 Å². The Morgan fingerprint density at radius 1 is 1.12 bits per heavy atom. The fourth-order valence-corrected chi connectivity index (χ4v) is 3.31. The number of aryl methyl sites for hydroxylation is 1. The number of aromatic nitrogens is 2. The molecular formula is C18H19ClN4O2. The molecule has 1 aromatic heterocycles. The van der Waals surface area contributed by atoms with Crippen molar-refractivity contribution in [3.63, 3.8) is 0 Å². The summed E-state index contributed by atoms with van der Waals surface area (Å²) in [7, 11) is 0. The van der Waals surface area contributed by atoms with Gasteiger partial charge >= 0.3 is 0 Å². The number of fused-ring (bicyclic) bond motifs is 1. The summed E-state index contributed by atoms with van der Waals surface area (Å²) in [5.41, 5.74) is 1.11. The maximum Gasteiger partial charge on any atom is 0.269 e. The molecule has 1 fully saturated rings. The first kappa shape index (κ1) is 16.1. The van der Waals surface area contributed by atoms with Crippen LogP contribution in [0.3, 0.4) is 0 Å². The predicted octanol–water partition coefficient (Wildman–Crippen LogP) is 2.17. The monoisotopic (exact) mass is 358 g/mol. The lowest BCUT2D eigenvalue weighted by atomic mass is 10.1. The number of hydrogen-bond acceptors (Lipinski definition) is 3. The Bertz CT molecular complexity index is 828. The van der Waals surface area contributed by atoms with Gasteiger partial charge in [-0.25, -0.2) is 4.98 Å². The van der Waals surface area contributed by atoms with Gasteiger partial charge in [0.1, 0.15) is 11.5 Å². The highest BCUT2D eigenvalue weighted by atomic mass is 35.5. The summed E-state index contributed by atoms with van der Waals surface area (Å²) in [6.07, 6.45) is 5.26. The molecule has 130 valence electrons. The average molecular weight is 359 g/mol. The van der Waals surface area contributed by atoms with Gasteiger partial charge in [0.2, 0.25) is 0 Å². The molecule has 0 radical (unpaired) electrons. The molecule has 1 aliphatic carbocycles. The highest BCUT2D eigenvalue weighted by molar-refractivity contribution is 6.30. The van der Waals surface area contributed by atoms with Crippen LogP contribution in [0.15, 0.2) is 30.5 Å². The zero-order valence-electron chi connectivity index (χ0n) is 13.7. The third-order valence-corrected chi connectivity index (χ3v) is 4.86. The van der Waals surface area contributed by atoms with E-state index in [-0.39, 0.29) is 17.9 Å². The number of carbonyl (C=O) groups is 2. The number of nitrogens with zero attached hydrogens (tertiary/aromatic N) is 2. The molecule has 6 nitrogen and oxygen atoms in total. The van der Waals surface area contributed by atoms with Crippen molar-refractivity contribution in [2.75, 3.05) is 0 Å². The number of carbonyl (C=O) groups excluding carboxylic acids is 2. The van der Waals surface area contributed by atoms with Crippen molar-refractivity contribution in [1.82, 2.24) is 20.2 Å². The third kappa shape index (κ3) is 3.54. The fourth-order valence-electron chi connectivity index (χ4n) is 3.12. The zero-order valence-corrected chi connectivity index (χ0v) is 14.4. The molecule has 2 aromatic rings. The number of benzene rings is 1. The van der Waals surface area contributed by atoms with Crippen LogP contribution in [0.4, 0.5) is 0 Å². The second kappa shape index (κ2) is 6.52. The van der Waals surface area contributed by atoms with Crippen LogP contribution >= 0.6 is 11.6 Å². The Morgan fingerprint density at radius 3 is 2.68 bits per heavy atom. The van der Waals surface area contributed by atoms with Gasteiger partial charge in [0.25, 0.3) is 11.8 Å². The molecule has 4 rings (SSSR count). The number of amides is 2. The van der Waals surface area contributed by atoms with E-state index in [0.29, 0.717) is 28.9 Å². The van der Waals surface area contributed by atoms with Crippen LogP contribution in [0.25, 0.3) is 0 Å². The van der Waals surface area contributed by atoms with Gasteiger partial charge in [-0.05, 0) is 37.5 Å². The lowest BCUT2D eigenvalue weighted by Crippen LogP contribution is -2.42. The van der Waals surface area contributed by atoms with E-state index in [1.807, 2.05) is 4.57 Å². The lowest BCUT2D eigenvalue weighted by molar-refractivity contribution is 0.0925. The number of hydrogen-bond donors (Lipinski definition) is 2. The average Bonchev–Trinajstić information content (AvgIpc) is 3.31. The Morgan fingerprint density at radius 2 is 1.92 bits per heavy atom. The van der Waals surface area contributed by atoms with Crippen LogP contribution in [0, 0.1) is 0 Å². The molecule has 2 amide bonds. The summed E-state index contributed by atoms with van der Waals surface area (Å²) in [6.45, 7) is 0.551. The molecule has 0 saturated heterocycles. The van der Waals surface area contributed by atoms with Crippen molar-refractivity contribution >= 4 is 23.4 Å². The number of nitrogens with one attached hydrogen (secondary N) is 2. The van der Waals surface area contributed by atoms with Crippen molar-refractivity contribution in [2.24, 2.45) is 0 Å². The van der Waals surface area contributed by atoms with E-state index in [2.05, 4.69) is 15.6 Å². The summed E-state index contributed by atoms with van der Waals surface area (Å²) in [5.74, 6) is 0.664. The van der Waals surface area contributed by atoms with E-state index in [9.17, 15) is 9.59 Å². The van der Waals surface area contributed by atoms with Crippen LogP contribution in [-0.4, -0.2) is 33.4 Å². The minimum absolute atomic E-state index is 0.0411. The van der Waals surface area contributed by atoms with Crippen LogP contribution in [0.5, 0.6) is 0 Å². The van der Waals surface area contributed by atoms with Crippen molar-refractivity contribution in [3.05, 3.63) is 52.6 Å². The van der Waals surface area contributed by atoms with E-state index in [1.54, 1.807) is 30.5 Å². The molecule has 2 heterocycles. The molecule has 2 aliphatic rings. The maximum absolute atomic E-state index is 12.4. The highest BCUT2D eigenvalue weighted by Crippen LogP contribution is 2.21. The third-order valence-electron chi connectivity index (χ3n) is 4.62. The number of imidazole rings is 1. The second-order valence-corrected chi connectivity index (χ2v) is 7.07. The first-order chi connectivity index (χ1) is 12.1. The van der Waals surface area contributed by atoms with Crippen molar-refractivity contribution < 1.29 is 9.59 Å². The van der Waals surface area contributed by atoms with Crippen LogP contribution < -0.4 is 10.6 Å². The Hall–Kier alpha value is -2.34. The van der Waals surface area contributed by atoms with Gasteiger partial charge in [0, 0.05) is 35.6 Å². The first-order valence-corrected chi connectivity index (χ1v) is 8.89. The van der Waals surface area contributed by atoms with Gasteiger partial charge in [-0.15, -0.1) is 0 Å². The van der Waals surface area contributed by atoms with E-state index >= 15 is 0 Å². The van der Waals surface area contributed by atoms with E-state index in [4.69, 9.17) is 11.6 Å². The number of halogens is 1. The Balaban J connectivity index is 1.46. The summed E-state index contributed by atoms with van der Waals surface area (Å²) in [4.78, 5) is 29.1. The summed E-state index contributed by atoms with van der Waals surface area (Å²) in [5, 5.41) is 6.56. The molecular weight excluding hydrogens is 340 g/mol. The molecule has 1 atom stereocenters. The smallest absolute Gasteiger partial charge is 0.269 e.